The number of carbonyl (C=O) groups excluding carboxylic acids is 7. The fourth-order valence-electron chi connectivity index (χ4n) is 8.26. The maximum absolute atomic E-state index is 14.9. The summed E-state index contributed by atoms with van der Waals surface area (Å²) in [5, 5.41) is 20.1. The number of hydrogen-bond acceptors (Lipinski definition) is 10. The van der Waals surface area contributed by atoms with E-state index in [1.54, 1.807) is 32.0 Å². The van der Waals surface area contributed by atoms with Gasteiger partial charge in [0.05, 0.1) is 12.5 Å². The van der Waals surface area contributed by atoms with Crippen LogP contribution in [0.25, 0.3) is 10.1 Å². The number of thiophene rings is 1. The molecule has 67 heavy (non-hydrogen) atoms. The summed E-state index contributed by atoms with van der Waals surface area (Å²) in [7, 11) is 3.81. The monoisotopic (exact) mass is 977 g/mol. The lowest BCUT2D eigenvalue weighted by molar-refractivity contribution is -0.166. The number of nitrogens with zero attached hydrogens (tertiary/aromatic N) is 4. The zero-order valence-corrected chi connectivity index (χ0v) is 40.9. The average molecular weight is 979 g/mol. The molecule has 4 rings (SSSR count). The molecular weight excluding hydrogens is 915 g/mol. The van der Waals surface area contributed by atoms with Gasteiger partial charge in [0.2, 0.25) is 29.5 Å². The lowest BCUT2D eigenvalue weighted by Crippen LogP contribution is -2.60. The van der Waals surface area contributed by atoms with Gasteiger partial charge in [-0.25, -0.2) is 4.79 Å². The van der Waals surface area contributed by atoms with Crippen molar-refractivity contribution in [2.24, 2.45) is 11.8 Å². The summed E-state index contributed by atoms with van der Waals surface area (Å²) in [5.41, 5.74) is 1.55. The summed E-state index contributed by atoms with van der Waals surface area (Å²) < 4.78 is 48.9. The zero-order valence-electron chi connectivity index (χ0n) is 39.3. The first kappa shape index (κ1) is 54.4. The Labute approximate surface area is 399 Å². The van der Waals surface area contributed by atoms with Crippen LogP contribution in [0.4, 0.5) is 13.2 Å². The van der Waals surface area contributed by atoms with E-state index in [0.29, 0.717) is 17.0 Å². The number of ether oxygens (including phenoxy) is 1. The van der Waals surface area contributed by atoms with E-state index in [1.807, 2.05) is 31.4 Å². The molecule has 1 saturated heterocycles. The number of carbonyl (C=O) groups is 7. The Morgan fingerprint density at radius 2 is 1.42 bits per heavy atom. The summed E-state index contributed by atoms with van der Waals surface area (Å²) in [4.78, 5) is 103. The van der Waals surface area contributed by atoms with Crippen molar-refractivity contribution in [3.05, 3.63) is 45.8 Å². The molecule has 7 atom stereocenters. The minimum atomic E-state index is -5.01. The van der Waals surface area contributed by atoms with Crippen LogP contribution < -0.4 is 16.0 Å². The van der Waals surface area contributed by atoms with Gasteiger partial charge in [0, 0.05) is 50.1 Å². The van der Waals surface area contributed by atoms with Crippen LogP contribution in [0, 0.1) is 23.2 Å². The number of halogens is 4. The second-order valence-corrected chi connectivity index (χ2v) is 19.7. The summed E-state index contributed by atoms with van der Waals surface area (Å²) in [5.74, 6) is -7.32. The van der Waals surface area contributed by atoms with E-state index in [-0.39, 0.29) is 43.9 Å². The summed E-state index contributed by atoms with van der Waals surface area (Å²) in [6.45, 7) is 8.37. The maximum Gasteiger partial charge on any atom is 0.391 e. The Hall–Kier alpha value is -5.22. The molecule has 2 aromatic rings. The first-order valence-corrected chi connectivity index (χ1v) is 23.9. The Morgan fingerprint density at radius 3 is 2.03 bits per heavy atom. The van der Waals surface area contributed by atoms with Gasteiger partial charge in [-0.1, -0.05) is 50.9 Å². The number of amides is 6. The van der Waals surface area contributed by atoms with Crippen molar-refractivity contribution >= 4 is 74.4 Å². The molecule has 15 nitrogen and oxygen atoms in total. The van der Waals surface area contributed by atoms with E-state index in [4.69, 9.17) is 16.3 Å². The third-order valence-electron chi connectivity index (χ3n) is 12.1. The van der Waals surface area contributed by atoms with Gasteiger partial charge in [-0.3, -0.25) is 28.8 Å². The van der Waals surface area contributed by atoms with Gasteiger partial charge in [0.15, 0.2) is 6.10 Å². The highest BCUT2D eigenvalue weighted by molar-refractivity contribution is 7.17. The number of benzene rings is 1. The van der Waals surface area contributed by atoms with Crippen molar-refractivity contribution in [3.8, 4) is 6.07 Å². The van der Waals surface area contributed by atoms with Crippen molar-refractivity contribution in [2.75, 3.05) is 21.1 Å². The molecule has 0 unspecified atom stereocenters. The largest absolute Gasteiger partial charge is 0.451 e. The molecule has 0 saturated carbocycles. The zero-order chi connectivity index (χ0) is 49.9. The smallest absolute Gasteiger partial charge is 0.391 e. The number of hydrogen-bond donors (Lipinski definition) is 3. The van der Waals surface area contributed by atoms with Crippen molar-refractivity contribution < 1.29 is 51.5 Å². The summed E-state index contributed by atoms with van der Waals surface area (Å²) >= 11 is 7.81. The molecule has 1 aliphatic carbocycles. The normalized spacial score (nSPS) is 25.1. The van der Waals surface area contributed by atoms with Crippen molar-refractivity contribution in [3.63, 3.8) is 0 Å². The standard InChI is InChI=1S/C47H63ClF3N7O8S/c1-26(2)19-33-44(63)58(8)37(22-30-25-67-39-17-16-31(48)23-32(30)39)41(60)54-34(21-29-13-10-9-11-14-29)43(62)56(6)28(5)46(65)66-38(15-12-18-52)42(61)55-35(24-47(49,50)51)45(64)57(7)36(20-27(3)4)40(59)53-33/h13,16-17,23,25-28,33-38H,9-12,14-15,19-22,24H2,1-8H3,(H,53,59)(H,54,60)(H,55,61)/t28-,33-,34-,35-,36-,37-,38+/m0/s1. The van der Waals surface area contributed by atoms with Crippen molar-refractivity contribution in [1.29, 1.82) is 5.26 Å². The molecule has 1 aromatic carbocycles. The molecule has 6 amide bonds. The fraction of sp³-hybridized carbons (Fsp3) is 0.617. The van der Waals surface area contributed by atoms with E-state index in [9.17, 15) is 52.0 Å². The molecule has 2 aliphatic rings. The first-order chi connectivity index (χ1) is 31.4. The van der Waals surface area contributed by atoms with Gasteiger partial charge in [-0.15, -0.1) is 11.3 Å². The van der Waals surface area contributed by atoms with Crippen LogP contribution in [0.2, 0.25) is 5.02 Å². The van der Waals surface area contributed by atoms with Gasteiger partial charge in [0.1, 0.15) is 36.3 Å². The number of fused-ring (bicyclic) bond motifs is 1. The maximum atomic E-state index is 14.9. The fourth-order valence-corrected chi connectivity index (χ4v) is 9.39. The van der Waals surface area contributed by atoms with E-state index in [2.05, 4.69) is 16.0 Å². The second-order valence-electron chi connectivity index (χ2n) is 18.4. The van der Waals surface area contributed by atoms with Gasteiger partial charge in [0.25, 0.3) is 5.91 Å². The Morgan fingerprint density at radius 1 is 0.821 bits per heavy atom. The van der Waals surface area contributed by atoms with Gasteiger partial charge < -0.3 is 35.4 Å². The predicted molar refractivity (Wildman–Crippen MR) is 247 cm³/mol. The van der Waals surface area contributed by atoms with Crippen LogP contribution in [0.5, 0.6) is 0 Å². The number of likely N-dealkylation sites (N-methyl/N-ethyl adjacent to an activating group) is 3. The third kappa shape index (κ3) is 15.1. The van der Waals surface area contributed by atoms with E-state index in [0.717, 1.165) is 51.8 Å². The molecule has 0 spiro atoms. The number of nitrogens with one attached hydrogen (secondary N) is 3. The molecule has 1 aliphatic heterocycles. The van der Waals surface area contributed by atoms with Gasteiger partial charge in [-0.05, 0) is 98.2 Å². The Kier molecular flexibility index (Phi) is 19.6. The highest BCUT2D eigenvalue weighted by Gasteiger charge is 2.43. The number of allylic oxidation sites excluding steroid dienone is 1. The second kappa shape index (κ2) is 24.2. The Bertz CT molecular complexity index is 2210. The minimum absolute atomic E-state index is 0.0507. The van der Waals surface area contributed by atoms with Crippen LogP contribution in [0.15, 0.2) is 35.2 Å². The summed E-state index contributed by atoms with van der Waals surface area (Å²) in [6.07, 6.45) is -4.49. The topological polar surface area (TPSA) is 198 Å². The molecule has 0 bridgehead atoms. The van der Waals surface area contributed by atoms with Crippen LogP contribution in [-0.4, -0.2) is 126 Å². The van der Waals surface area contributed by atoms with Crippen molar-refractivity contribution in [2.45, 2.75) is 154 Å². The van der Waals surface area contributed by atoms with E-state index >= 15 is 0 Å². The number of rotatable bonds is 11. The first-order valence-electron chi connectivity index (χ1n) is 22.6. The van der Waals surface area contributed by atoms with E-state index in [1.165, 1.54) is 37.3 Å². The molecule has 368 valence electrons. The number of nitriles is 1. The van der Waals surface area contributed by atoms with Gasteiger partial charge in [-0.2, -0.15) is 18.4 Å². The molecule has 20 heteroatoms. The summed E-state index contributed by atoms with van der Waals surface area (Å²) in [6, 6.07) is -1.98. The van der Waals surface area contributed by atoms with Crippen LogP contribution in [0.1, 0.15) is 104 Å². The number of cyclic esters (lactones) is 1. The highest BCUT2D eigenvalue weighted by atomic mass is 35.5. The SMILES string of the molecule is CC(C)C[C@@H]1NC(=O)[C@H](CC(C)C)N(C)C(=O)[C@H](CC(F)(F)F)NC(=O)[C@@H](CCC#N)OC(=O)[C@H](C)N(C)C(=O)[C@H](CC2=CCCCC2)NC(=O)[C@H](Cc2csc3ccc(Cl)cc23)N(C)C1=O. The predicted octanol–water partition coefficient (Wildman–Crippen LogP) is 6.22. The highest BCUT2D eigenvalue weighted by Crippen LogP contribution is 2.31. The van der Waals surface area contributed by atoms with Crippen LogP contribution in [-0.2, 0) is 44.7 Å². The number of alkyl halides is 3. The lowest BCUT2D eigenvalue weighted by atomic mass is 9.93. The molecule has 0 radical (unpaired) electrons. The quantitative estimate of drug-likeness (QED) is 0.173. The number of esters is 1. The van der Waals surface area contributed by atoms with Crippen molar-refractivity contribution in [1.82, 2.24) is 30.7 Å². The molecule has 1 fully saturated rings. The molecular formula is C47H63ClF3N7O8S. The third-order valence-corrected chi connectivity index (χ3v) is 13.4. The molecule has 1 aromatic heterocycles. The minimum Gasteiger partial charge on any atom is -0.451 e. The Balaban J connectivity index is 1.92. The lowest BCUT2D eigenvalue weighted by Gasteiger charge is -2.35. The molecule has 2 heterocycles. The van der Waals surface area contributed by atoms with Gasteiger partial charge >= 0.3 is 12.1 Å². The van der Waals surface area contributed by atoms with E-state index < -0.39 is 103 Å². The van der Waals surface area contributed by atoms with Crippen LogP contribution >= 0.6 is 22.9 Å². The van der Waals surface area contributed by atoms with Crippen LogP contribution in [0.3, 0.4) is 0 Å². The average Bonchev–Trinajstić information content (AvgIpc) is 3.66. The molecule has 3 N–H and O–H groups in total.